The summed E-state index contributed by atoms with van der Waals surface area (Å²) < 4.78 is 25.6. The van der Waals surface area contributed by atoms with E-state index in [4.69, 9.17) is 5.73 Å². The van der Waals surface area contributed by atoms with Crippen molar-refractivity contribution in [1.29, 1.82) is 0 Å². The molecule has 0 saturated heterocycles. The third-order valence-corrected chi connectivity index (χ3v) is 5.86. The topological polar surface area (TPSA) is 65.1 Å². The second kappa shape index (κ2) is 6.10. The van der Waals surface area contributed by atoms with Crippen molar-refractivity contribution in [2.45, 2.75) is 24.8 Å². The fourth-order valence-corrected chi connectivity index (χ4v) is 4.24. The Morgan fingerprint density at radius 1 is 1.30 bits per heavy atom. The van der Waals surface area contributed by atoms with Crippen molar-refractivity contribution in [3.63, 3.8) is 0 Å². The summed E-state index contributed by atoms with van der Waals surface area (Å²) in [6.07, 6.45) is 4.61. The monoisotopic (exact) mass is 312 g/mol. The molecule has 6 heteroatoms. The first-order valence-corrected chi connectivity index (χ1v) is 9.64. The van der Waals surface area contributed by atoms with Crippen LogP contribution in [0.1, 0.15) is 13.3 Å². The average molecular weight is 312 g/mol. The Hall–Kier alpha value is -1.14. The number of sulfone groups is 1. The third kappa shape index (κ3) is 3.30. The van der Waals surface area contributed by atoms with E-state index in [9.17, 15) is 8.42 Å². The number of aryl methyl sites for hydroxylation is 1. The molecule has 1 aromatic heterocycles. The summed E-state index contributed by atoms with van der Waals surface area (Å²) in [6, 6.07) is 5.87. The Balaban J connectivity index is 2.30. The molecule has 0 radical (unpaired) electrons. The van der Waals surface area contributed by atoms with Gasteiger partial charge in [-0.1, -0.05) is 6.92 Å². The first-order chi connectivity index (χ1) is 9.46. The molecule has 0 unspecified atom stereocenters. The van der Waals surface area contributed by atoms with Gasteiger partial charge in [-0.15, -0.1) is 11.8 Å². The number of fused-ring (bicyclic) bond motifs is 1. The highest BCUT2D eigenvalue weighted by Crippen LogP contribution is 2.30. The molecule has 0 spiro atoms. The molecule has 0 fully saturated rings. The van der Waals surface area contributed by atoms with Crippen LogP contribution in [0.4, 0.5) is 5.69 Å². The number of hydrogen-bond acceptors (Lipinski definition) is 4. The first-order valence-electron chi connectivity index (χ1n) is 6.59. The zero-order valence-electron chi connectivity index (χ0n) is 11.8. The number of aromatic nitrogens is 1. The fraction of sp³-hybridized carbons (Fsp3) is 0.429. The summed E-state index contributed by atoms with van der Waals surface area (Å²) in [5, 5.41) is 1.12. The molecular formula is C14H20N2O2S2. The van der Waals surface area contributed by atoms with Crippen LogP contribution in [0.3, 0.4) is 0 Å². The van der Waals surface area contributed by atoms with Crippen LogP contribution in [-0.4, -0.2) is 30.7 Å². The van der Waals surface area contributed by atoms with Crippen molar-refractivity contribution in [2.75, 3.05) is 23.5 Å². The molecule has 2 rings (SSSR count). The van der Waals surface area contributed by atoms with Gasteiger partial charge in [-0.3, -0.25) is 0 Å². The highest BCUT2D eigenvalue weighted by Gasteiger charge is 2.12. The molecule has 0 aliphatic carbocycles. The number of nitrogens with zero attached hydrogens (tertiary/aromatic N) is 1. The highest BCUT2D eigenvalue weighted by atomic mass is 32.2. The van der Waals surface area contributed by atoms with Gasteiger partial charge in [0.2, 0.25) is 0 Å². The zero-order chi connectivity index (χ0) is 14.8. The molecule has 2 aromatic rings. The Kier molecular flexibility index (Phi) is 4.65. The molecule has 0 amide bonds. The molecule has 0 saturated carbocycles. The number of hydrogen-bond donors (Lipinski definition) is 1. The van der Waals surface area contributed by atoms with Crippen LogP contribution in [0.2, 0.25) is 0 Å². The van der Waals surface area contributed by atoms with Gasteiger partial charge in [0.05, 0.1) is 11.3 Å². The number of benzene rings is 1. The van der Waals surface area contributed by atoms with E-state index in [0.29, 0.717) is 18.7 Å². The molecule has 110 valence electrons. The second-order valence-electron chi connectivity index (χ2n) is 4.82. The maximum atomic E-state index is 11.8. The van der Waals surface area contributed by atoms with Crippen LogP contribution in [0.5, 0.6) is 0 Å². The van der Waals surface area contributed by atoms with Crippen molar-refractivity contribution in [3.05, 3.63) is 24.4 Å². The van der Waals surface area contributed by atoms with Gasteiger partial charge < -0.3 is 10.3 Å². The van der Waals surface area contributed by atoms with Gasteiger partial charge in [-0.05, 0) is 30.9 Å². The summed E-state index contributed by atoms with van der Waals surface area (Å²) in [5.74, 6) is 0.429. The van der Waals surface area contributed by atoms with Crippen molar-refractivity contribution in [1.82, 2.24) is 4.57 Å². The predicted octanol–water partition coefficient (Wildman–Crippen LogP) is 2.77. The van der Waals surface area contributed by atoms with E-state index in [-0.39, 0.29) is 11.5 Å². The van der Waals surface area contributed by atoms with Gasteiger partial charge >= 0.3 is 0 Å². The standard InChI is InChI=1S/C14H20N2O2S2/c1-3-7-20(17,18)8-6-16-5-4-12-13(16)9-11(15)10-14(12)19-2/h4-5,9-10H,3,6-8,15H2,1-2H3. The van der Waals surface area contributed by atoms with Gasteiger partial charge in [-0.25, -0.2) is 8.42 Å². The fourth-order valence-electron chi connectivity index (χ4n) is 2.30. The lowest BCUT2D eigenvalue weighted by Crippen LogP contribution is -2.15. The van der Waals surface area contributed by atoms with Crippen molar-refractivity contribution >= 4 is 38.2 Å². The minimum atomic E-state index is -2.96. The van der Waals surface area contributed by atoms with E-state index in [1.54, 1.807) is 11.8 Å². The van der Waals surface area contributed by atoms with Crippen LogP contribution in [-0.2, 0) is 16.4 Å². The smallest absolute Gasteiger partial charge is 0.152 e. The number of rotatable bonds is 6. The first kappa shape index (κ1) is 15.3. The van der Waals surface area contributed by atoms with Crippen LogP contribution in [0.15, 0.2) is 29.3 Å². The summed E-state index contributed by atoms with van der Waals surface area (Å²) in [5.41, 5.74) is 7.62. The lowest BCUT2D eigenvalue weighted by atomic mass is 10.2. The molecule has 1 heterocycles. The Morgan fingerprint density at radius 2 is 2.05 bits per heavy atom. The highest BCUT2D eigenvalue weighted by molar-refractivity contribution is 7.98. The van der Waals surface area contributed by atoms with Gasteiger partial charge in [-0.2, -0.15) is 0 Å². The number of nitrogen functional groups attached to an aromatic ring is 1. The van der Waals surface area contributed by atoms with Crippen LogP contribution >= 0.6 is 11.8 Å². The van der Waals surface area contributed by atoms with Crippen LogP contribution in [0.25, 0.3) is 10.9 Å². The second-order valence-corrected chi connectivity index (χ2v) is 7.97. The van der Waals surface area contributed by atoms with E-state index < -0.39 is 9.84 Å². The van der Waals surface area contributed by atoms with Gasteiger partial charge in [0.1, 0.15) is 0 Å². The molecule has 0 atom stereocenters. The summed E-state index contributed by atoms with van der Waals surface area (Å²) in [6.45, 7) is 2.36. The minimum absolute atomic E-state index is 0.175. The van der Waals surface area contributed by atoms with E-state index in [0.717, 1.165) is 15.8 Å². The normalized spacial score (nSPS) is 12.1. The van der Waals surface area contributed by atoms with E-state index in [1.807, 2.05) is 42.1 Å². The predicted molar refractivity (Wildman–Crippen MR) is 87.1 cm³/mol. The van der Waals surface area contributed by atoms with Crippen molar-refractivity contribution in [2.24, 2.45) is 0 Å². The molecule has 4 nitrogen and oxygen atoms in total. The molecule has 0 aliphatic heterocycles. The van der Waals surface area contributed by atoms with E-state index in [2.05, 4.69) is 0 Å². The maximum absolute atomic E-state index is 11.8. The van der Waals surface area contributed by atoms with E-state index in [1.165, 1.54) is 0 Å². The SMILES string of the molecule is CCCS(=O)(=O)CCn1ccc2c(SC)cc(N)cc21. The van der Waals surface area contributed by atoms with Gasteiger partial charge in [0.15, 0.2) is 9.84 Å². The summed E-state index contributed by atoms with van der Waals surface area (Å²) in [4.78, 5) is 1.12. The largest absolute Gasteiger partial charge is 0.399 e. The number of anilines is 1. The van der Waals surface area contributed by atoms with Gasteiger partial charge in [0.25, 0.3) is 0 Å². The zero-order valence-corrected chi connectivity index (χ0v) is 13.4. The third-order valence-electron chi connectivity index (χ3n) is 3.25. The lowest BCUT2D eigenvalue weighted by molar-refractivity contribution is 0.588. The van der Waals surface area contributed by atoms with Crippen molar-refractivity contribution in [3.8, 4) is 0 Å². The summed E-state index contributed by atoms with van der Waals surface area (Å²) in [7, 11) is -2.96. The number of thioether (sulfide) groups is 1. The average Bonchev–Trinajstić information content (AvgIpc) is 2.78. The molecule has 1 aromatic carbocycles. The Bertz CT molecular complexity index is 705. The molecule has 0 bridgehead atoms. The maximum Gasteiger partial charge on any atom is 0.152 e. The van der Waals surface area contributed by atoms with Crippen molar-refractivity contribution < 1.29 is 8.42 Å². The Labute approximate surface area is 124 Å². The molecular weight excluding hydrogens is 292 g/mol. The van der Waals surface area contributed by atoms with Crippen LogP contribution in [0, 0.1) is 0 Å². The summed E-state index contributed by atoms with van der Waals surface area (Å²) >= 11 is 1.65. The van der Waals surface area contributed by atoms with Crippen LogP contribution < -0.4 is 5.73 Å². The molecule has 2 N–H and O–H groups in total. The minimum Gasteiger partial charge on any atom is -0.399 e. The number of nitrogens with two attached hydrogens (primary N) is 1. The Morgan fingerprint density at radius 3 is 2.70 bits per heavy atom. The quantitative estimate of drug-likeness (QED) is 0.658. The molecule has 0 aliphatic rings. The molecule has 20 heavy (non-hydrogen) atoms. The van der Waals surface area contributed by atoms with E-state index >= 15 is 0 Å². The lowest BCUT2D eigenvalue weighted by Gasteiger charge is -2.08. The van der Waals surface area contributed by atoms with Gasteiger partial charge in [0, 0.05) is 34.5 Å².